The van der Waals surface area contributed by atoms with Crippen LogP contribution in [0.15, 0.2) is 60.7 Å². The van der Waals surface area contributed by atoms with Crippen molar-refractivity contribution >= 4 is 17.3 Å². The summed E-state index contributed by atoms with van der Waals surface area (Å²) < 4.78 is 11.0. The number of methoxy groups -OCH3 is 2. The summed E-state index contributed by atoms with van der Waals surface area (Å²) in [5.74, 6) is 0.902. The Labute approximate surface area is 185 Å². The first-order valence-corrected chi connectivity index (χ1v) is 10.1. The maximum absolute atomic E-state index is 13.6. The van der Waals surface area contributed by atoms with Crippen LogP contribution in [-0.4, -0.2) is 36.5 Å². The van der Waals surface area contributed by atoms with Crippen LogP contribution in [0.4, 0.5) is 11.4 Å². The number of rotatable bonds is 5. The fraction of sp³-hybridized carbons (Fsp3) is 0.208. The Morgan fingerprint density at radius 1 is 1.06 bits per heavy atom. The Bertz CT molecular complexity index is 1180. The first kappa shape index (κ1) is 21.2. The quantitative estimate of drug-likeness (QED) is 0.370. The highest BCUT2D eigenvalue weighted by Gasteiger charge is 2.34. The number of hydrogen-bond acceptors (Lipinski definition) is 6. The summed E-state index contributed by atoms with van der Waals surface area (Å²) in [7, 11) is 3.16. The van der Waals surface area contributed by atoms with Gasteiger partial charge >= 0.3 is 0 Å². The first-order chi connectivity index (χ1) is 15.4. The fourth-order valence-electron chi connectivity index (χ4n) is 4.16. The van der Waals surface area contributed by atoms with Gasteiger partial charge in [-0.2, -0.15) is 0 Å². The summed E-state index contributed by atoms with van der Waals surface area (Å²) in [6.45, 7) is 0.444. The van der Waals surface area contributed by atoms with Crippen LogP contribution in [0.5, 0.6) is 11.5 Å². The Hall–Kier alpha value is -4.07. The molecule has 0 saturated carbocycles. The minimum Gasteiger partial charge on any atom is -0.493 e. The Morgan fingerprint density at radius 2 is 1.75 bits per heavy atom. The van der Waals surface area contributed by atoms with Gasteiger partial charge in [-0.25, -0.2) is 0 Å². The summed E-state index contributed by atoms with van der Waals surface area (Å²) in [6.07, 6.45) is 0.613. The second-order valence-electron chi connectivity index (χ2n) is 7.50. The van der Waals surface area contributed by atoms with Gasteiger partial charge in [0.25, 0.3) is 11.6 Å². The minimum absolute atomic E-state index is 0.0204. The van der Waals surface area contributed by atoms with E-state index in [-0.39, 0.29) is 28.9 Å². The molecule has 0 saturated heterocycles. The number of nitro groups is 1. The van der Waals surface area contributed by atoms with Crippen LogP contribution in [0, 0.1) is 10.1 Å². The number of nitrogen functional groups attached to an aromatic ring is 1. The maximum atomic E-state index is 13.6. The third-order valence-corrected chi connectivity index (χ3v) is 5.72. The second-order valence-corrected chi connectivity index (χ2v) is 7.50. The van der Waals surface area contributed by atoms with Crippen molar-refractivity contribution in [2.75, 3.05) is 26.5 Å². The Balaban J connectivity index is 1.83. The smallest absolute Gasteiger partial charge is 0.292 e. The van der Waals surface area contributed by atoms with Gasteiger partial charge in [0.05, 0.1) is 25.2 Å². The van der Waals surface area contributed by atoms with E-state index in [9.17, 15) is 14.9 Å². The van der Waals surface area contributed by atoms with Crippen LogP contribution in [-0.2, 0) is 6.42 Å². The molecule has 8 heteroatoms. The van der Waals surface area contributed by atoms with Crippen molar-refractivity contribution in [1.82, 2.24) is 4.90 Å². The zero-order valence-corrected chi connectivity index (χ0v) is 17.8. The van der Waals surface area contributed by atoms with Gasteiger partial charge in [0, 0.05) is 18.2 Å². The number of nitro benzene ring substituents is 1. The molecule has 1 unspecified atom stereocenters. The zero-order chi connectivity index (χ0) is 22.8. The van der Waals surface area contributed by atoms with Gasteiger partial charge in [-0.05, 0) is 47.4 Å². The van der Waals surface area contributed by atoms with Gasteiger partial charge in [0.1, 0.15) is 5.69 Å². The van der Waals surface area contributed by atoms with Crippen molar-refractivity contribution in [3.05, 3.63) is 93.0 Å². The molecule has 2 N–H and O–H groups in total. The molecule has 0 aliphatic carbocycles. The van der Waals surface area contributed by atoms with Crippen molar-refractivity contribution in [2.45, 2.75) is 12.5 Å². The van der Waals surface area contributed by atoms with Gasteiger partial charge in [0.2, 0.25) is 0 Å². The molecule has 3 aromatic rings. The number of benzene rings is 3. The second kappa shape index (κ2) is 8.58. The molecule has 164 valence electrons. The lowest BCUT2D eigenvalue weighted by Crippen LogP contribution is -2.40. The van der Waals surface area contributed by atoms with Crippen molar-refractivity contribution in [1.29, 1.82) is 0 Å². The monoisotopic (exact) mass is 433 g/mol. The van der Waals surface area contributed by atoms with Gasteiger partial charge in [-0.15, -0.1) is 0 Å². The summed E-state index contributed by atoms with van der Waals surface area (Å²) in [4.78, 5) is 26.0. The Kier molecular flexibility index (Phi) is 5.68. The lowest BCUT2D eigenvalue weighted by Gasteiger charge is -2.38. The predicted molar refractivity (Wildman–Crippen MR) is 120 cm³/mol. The maximum Gasteiger partial charge on any atom is 0.292 e. The largest absolute Gasteiger partial charge is 0.493 e. The number of nitrogens with two attached hydrogens (primary N) is 1. The van der Waals surface area contributed by atoms with Crippen LogP contribution in [0.2, 0.25) is 0 Å². The SMILES string of the molecule is COc1cc2c(cc1OC)C(c1ccccc1)N(C(=O)c1ccc(N)c([N+](=O)[O-])c1)CC2. The predicted octanol–water partition coefficient (Wildman–Crippen LogP) is 3.98. The van der Waals surface area contributed by atoms with Crippen molar-refractivity contribution in [2.24, 2.45) is 0 Å². The lowest BCUT2D eigenvalue weighted by molar-refractivity contribution is -0.383. The molecule has 1 aliphatic heterocycles. The molecule has 1 aliphatic rings. The van der Waals surface area contributed by atoms with Gasteiger partial charge in [0.15, 0.2) is 11.5 Å². The van der Waals surface area contributed by atoms with E-state index in [1.165, 1.54) is 18.2 Å². The zero-order valence-electron chi connectivity index (χ0n) is 17.8. The van der Waals surface area contributed by atoms with E-state index < -0.39 is 4.92 Å². The van der Waals surface area contributed by atoms with E-state index >= 15 is 0 Å². The lowest BCUT2D eigenvalue weighted by atomic mass is 9.87. The molecule has 3 aromatic carbocycles. The average Bonchev–Trinajstić information content (AvgIpc) is 2.82. The van der Waals surface area contributed by atoms with Crippen molar-refractivity contribution in [3.8, 4) is 11.5 Å². The molecule has 1 atom stereocenters. The average molecular weight is 433 g/mol. The number of carbonyl (C=O) groups is 1. The van der Waals surface area contributed by atoms with Crippen LogP contribution in [0.25, 0.3) is 0 Å². The highest BCUT2D eigenvalue weighted by molar-refractivity contribution is 5.96. The molecule has 0 bridgehead atoms. The summed E-state index contributed by atoms with van der Waals surface area (Å²) >= 11 is 0. The van der Waals surface area contributed by atoms with Gasteiger partial charge in [-0.1, -0.05) is 30.3 Å². The molecule has 8 nitrogen and oxygen atoms in total. The van der Waals surface area contributed by atoms with E-state index in [4.69, 9.17) is 15.2 Å². The number of hydrogen-bond donors (Lipinski definition) is 1. The normalized spacial score (nSPS) is 15.1. The van der Waals surface area contributed by atoms with Crippen LogP contribution in [0.3, 0.4) is 0 Å². The molecule has 0 fully saturated rings. The molecule has 1 amide bonds. The summed E-state index contributed by atoms with van der Waals surface area (Å²) in [5.41, 5.74) is 8.59. The third-order valence-electron chi connectivity index (χ3n) is 5.72. The molecular formula is C24H23N3O5. The number of nitrogens with zero attached hydrogens (tertiary/aromatic N) is 2. The number of amides is 1. The summed E-state index contributed by atoms with van der Waals surface area (Å²) in [6, 6.07) is 17.3. The molecule has 0 aromatic heterocycles. The minimum atomic E-state index is -0.580. The van der Waals surface area contributed by atoms with Crippen molar-refractivity contribution in [3.63, 3.8) is 0 Å². The number of fused-ring (bicyclic) bond motifs is 1. The molecule has 0 spiro atoms. The van der Waals surface area contributed by atoms with Gasteiger partial charge < -0.3 is 20.1 Å². The molecule has 0 radical (unpaired) electrons. The van der Waals surface area contributed by atoms with E-state index in [0.717, 1.165) is 16.7 Å². The number of anilines is 1. The fourth-order valence-corrected chi connectivity index (χ4v) is 4.16. The third kappa shape index (κ3) is 3.71. The highest BCUT2D eigenvalue weighted by Crippen LogP contribution is 2.41. The van der Waals surface area contributed by atoms with E-state index in [0.29, 0.717) is 24.5 Å². The van der Waals surface area contributed by atoms with E-state index in [2.05, 4.69) is 0 Å². The molecular weight excluding hydrogens is 410 g/mol. The number of carbonyl (C=O) groups excluding carboxylic acids is 1. The Morgan fingerprint density at radius 3 is 2.41 bits per heavy atom. The molecule has 4 rings (SSSR count). The molecule has 32 heavy (non-hydrogen) atoms. The standard InChI is InChI=1S/C24H23N3O5/c1-31-21-13-16-10-11-26(24(28)17-8-9-19(25)20(12-17)27(29)30)23(15-6-4-3-5-7-15)18(16)14-22(21)32-2/h3-9,12-14,23H,10-11,25H2,1-2H3. The van der Waals surface area contributed by atoms with Crippen molar-refractivity contribution < 1.29 is 19.2 Å². The number of ether oxygens (including phenoxy) is 2. The van der Waals surface area contributed by atoms with Gasteiger partial charge in [-0.3, -0.25) is 14.9 Å². The van der Waals surface area contributed by atoms with E-state index in [1.807, 2.05) is 42.5 Å². The van der Waals surface area contributed by atoms with E-state index in [1.54, 1.807) is 19.1 Å². The van der Waals surface area contributed by atoms with Crippen LogP contribution >= 0.6 is 0 Å². The van der Waals surface area contributed by atoms with Crippen LogP contribution in [0.1, 0.15) is 33.1 Å². The van der Waals surface area contributed by atoms with Crippen LogP contribution < -0.4 is 15.2 Å². The highest BCUT2D eigenvalue weighted by atomic mass is 16.6. The summed E-state index contributed by atoms with van der Waals surface area (Å²) in [5, 5.41) is 11.3. The first-order valence-electron chi connectivity index (χ1n) is 10.1. The molecule has 1 heterocycles. The topological polar surface area (TPSA) is 108 Å².